The lowest BCUT2D eigenvalue weighted by Gasteiger charge is -2.24. The number of thiazole rings is 1. The summed E-state index contributed by atoms with van der Waals surface area (Å²) in [5, 5.41) is 16.8. The summed E-state index contributed by atoms with van der Waals surface area (Å²) in [6.07, 6.45) is 4.92. The van der Waals surface area contributed by atoms with Crippen molar-refractivity contribution in [2.24, 2.45) is 4.99 Å². The average Bonchev–Trinajstić information content (AvgIpc) is 3.67. The predicted octanol–water partition coefficient (Wildman–Crippen LogP) is 5.13. The minimum absolute atomic E-state index is 0.00669. The van der Waals surface area contributed by atoms with Gasteiger partial charge in [0.05, 0.1) is 46.2 Å². The number of nitrogens with zero attached hydrogens (tertiary/aromatic N) is 5. The van der Waals surface area contributed by atoms with Gasteiger partial charge in [0.1, 0.15) is 18.1 Å². The van der Waals surface area contributed by atoms with Crippen molar-refractivity contribution in [3.8, 4) is 28.4 Å². The van der Waals surface area contributed by atoms with Gasteiger partial charge in [-0.05, 0) is 61.9 Å². The third-order valence-electron chi connectivity index (χ3n) is 7.78. The molecule has 1 aliphatic rings. The number of nitro benzene ring substituents is 1. The van der Waals surface area contributed by atoms with E-state index in [0.717, 1.165) is 17.0 Å². The fourth-order valence-corrected chi connectivity index (χ4v) is 6.59. The first kappa shape index (κ1) is 32.8. The maximum absolute atomic E-state index is 14.3. The number of methoxy groups -OCH3 is 1. The highest BCUT2D eigenvalue weighted by atomic mass is 32.1. The Morgan fingerprint density at radius 2 is 1.88 bits per heavy atom. The Hall–Kier alpha value is -6.08. The Bertz CT molecular complexity index is 2290. The number of carbonyl (C=O) groups excluding carboxylic acids is 1. The van der Waals surface area contributed by atoms with Crippen LogP contribution in [-0.4, -0.2) is 45.6 Å². The van der Waals surface area contributed by atoms with Gasteiger partial charge in [-0.15, -0.1) is 0 Å². The number of allylic oxidation sites excluding steroid dienone is 1. The lowest BCUT2D eigenvalue weighted by molar-refractivity contribution is -0.385. The van der Waals surface area contributed by atoms with Crippen LogP contribution < -0.4 is 24.4 Å². The number of esters is 1. The summed E-state index contributed by atoms with van der Waals surface area (Å²) in [4.78, 5) is 44.2. The first-order chi connectivity index (χ1) is 23.7. The Morgan fingerprint density at radius 1 is 1.12 bits per heavy atom. The van der Waals surface area contributed by atoms with Crippen LogP contribution in [-0.2, 0) is 9.53 Å². The molecule has 49 heavy (non-hydrogen) atoms. The largest absolute Gasteiger partial charge is 0.497 e. The monoisotopic (exact) mass is 677 g/mol. The molecule has 0 N–H and O–H groups in total. The molecule has 5 aromatic rings. The zero-order chi connectivity index (χ0) is 34.7. The Kier molecular flexibility index (Phi) is 9.35. The topological polar surface area (TPSA) is 140 Å². The number of ether oxygens (including phenoxy) is 3. The van der Waals surface area contributed by atoms with Crippen LogP contribution in [0.5, 0.6) is 11.5 Å². The summed E-state index contributed by atoms with van der Waals surface area (Å²) in [7, 11) is 1.56. The second-order valence-corrected chi connectivity index (χ2v) is 11.8. The number of hydrogen-bond donors (Lipinski definition) is 0. The standard InChI is InChI=1S/C36H31N5O7S/c1-5-18-48-35(43)31-22(3)37-36-40(33(31)23-12-15-27(46-4)16-13-23)34(42)30(49-36)20-25-21-39(26-10-8-7-9-11-26)38-32(25)24-14-17-29(47-6-2)28(19-24)41(44)45/h5,7-17,19-21,33H,1,6,18H2,2-4H3/b30-20+/t33-/m1/s1. The molecule has 12 nitrogen and oxygen atoms in total. The molecule has 1 atom stereocenters. The molecule has 0 aliphatic carbocycles. The molecule has 0 saturated carbocycles. The van der Waals surface area contributed by atoms with Gasteiger partial charge in [0, 0.05) is 23.4 Å². The van der Waals surface area contributed by atoms with E-state index in [1.54, 1.807) is 74.3 Å². The molecule has 6 rings (SSSR count). The molecule has 3 heterocycles. The molecule has 0 amide bonds. The molecule has 0 saturated heterocycles. The number of para-hydroxylation sites is 1. The Balaban J connectivity index is 1.55. The van der Waals surface area contributed by atoms with E-state index < -0.39 is 16.9 Å². The summed E-state index contributed by atoms with van der Waals surface area (Å²) in [5.41, 5.74) is 2.88. The predicted molar refractivity (Wildman–Crippen MR) is 185 cm³/mol. The normalized spacial score (nSPS) is 14.2. The molecule has 0 unspecified atom stereocenters. The minimum atomic E-state index is -0.832. The maximum atomic E-state index is 14.3. The van der Waals surface area contributed by atoms with Gasteiger partial charge in [-0.1, -0.05) is 54.3 Å². The fraction of sp³-hybridized carbons (Fsp3) is 0.167. The van der Waals surface area contributed by atoms with Crippen LogP contribution in [0.3, 0.4) is 0 Å². The summed E-state index contributed by atoms with van der Waals surface area (Å²) >= 11 is 1.16. The van der Waals surface area contributed by atoms with Crippen molar-refractivity contribution in [3.05, 3.63) is 144 Å². The highest BCUT2D eigenvalue weighted by Crippen LogP contribution is 2.34. The number of aromatic nitrogens is 3. The van der Waals surface area contributed by atoms with E-state index in [0.29, 0.717) is 43.2 Å². The van der Waals surface area contributed by atoms with Gasteiger partial charge in [-0.3, -0.25) is 19.5 Å². The number of rotatable bonds is 11. The molecule has 13 heteroatoms. The first-order valence-electron chi connectivity index (χ1n) is 15.2. The highest BCUT2D eigenvalue weighted by molar-refractivity contribution is 7.07. The van der Waals surface area contributed by atoms with E-state index in [9.17, 15) is 19.7 Å². The van der Waals surface area contributed by atoms with Gasteiger partial charge in [0.15, 0.2) is 10.6 Å². The summed E-state index contributed by atoms with van der Waals surface area (Å²) in [6, 6.07) is 20.3. The number of carbonyl (C=O) groups is 1. The Labute approximate surface area is 284 Å². The summed E-state index contributed by atoms with van der Waals surface area (Å²) in [6.45, 7) is 7.34. The summed E-state index contributed by atoms with van der Waals surface area (Å²) in [5.74, 6) is 0.148. The van der Waals surface area contributed by atoms with Crippen LogP contribution in [0.25, 0.3) is 23.0 Å². The smallest absolute Gasteiger partial charge is 0.338 e. The third-order valence-corrected chi connectivity index (χ3v) is 8.77. The van der Waals surface area contributed by atoms with Crippen molar-refractivity contribution in [1.29, 1.82) is 0 Å². The molecule has 0 spiro atoms. The maximum Gasteiger partial charge on any atom is 0.338 e. The van der Waals surface area contributed by atoms with Crippen LogP contribution in [0, 0.1) is 10.1 Å². The van der Waals surface area contributed by atoms with Crippen LogP contribution in [0.4, 0.5) is 5.69 Å². The minimum Gasteiger partial charge on any atom is -0.497 e. The van der Waals surface area contributed by atoms with Gasteiger partial charge in [-0.2, -0.15) is 5.10 Å². The SMILES string of the molecule is C=CCOC(=O)C1=C(C)N=c2s/c(=C/c3cn(-c4ccccc4)nc3-c3ccc(OCC)c([N+](=O)[O-])c3)c(=O)n2[C@@H]1c1ccc(OC)cc1. The number of benzene rings is 3. The molecule has 1 aliphatic heterocycles. The van der Waals surface area contributed by atoms with Gasteiger partial charge in [0.25, 0.3) is 5.56 Å². The zero-order valence-corrected chi connectivity index (χ0v) is 27.7. The molecule has 0 fully saturated rings. The zero-order valence-electron chi connectivity index (χ0n) is 26.9. The van der Waals surface area contributed by atoms with Crippen LogP contribution in [0.15, 0.2) is 113 Å². The third kappa shape index (κ3) is 6.43. The fourth-order valence-electron chi connectivity index (χ4n) is 5.55. The molecule has 3 aromatic carbocycles. The van der Waals surface area contributed by atoms with Crippen molar-refractivity contribution in [2.45, 2.75) is 19.9 Å². The van der Waals surface area contributed by atoms with Crippen molar-refractivity contribution in [2.75, 3.05) is 20.3 Å². The van der Waals surface area contributed by atoms with Crippen molar-refractivity contribution in [3.63, 3.8) is 0 Å². The van der Waals surface area contributed by atoms with Gasteiger partial charge in [-0.25, -0.2) is 14.5 Å². The lowest BCUT2D eigenvalue weighted by atomic mass is 9.96. The van der Waals surface area contributed by atoms with E-state index >= 15 is 0 Å². The molecule has 0 radical (unpaired) electrons. The second kappa shape index (κ2) is 14.0. The van der Waals surface area contributed by atoms with Gasteiger partial charge < -0.3 is 14.2 Å². The van der Waals surface area contributed by atoms with Crippen molar-refractivity contribution >= 4 is 29.1 Å². The van der Waals surface area contributed by atoms with Crippen molar-refractivity contribution < 1.29 is 23.9 Å². The lowest BCUT2D eigenvalue weighted by Crippen LogP contribution is -2.39. The van der Waals surface area contributed by atoms with E-state index in [2.05, 4.69) is 11.6 Å². The van der Waals surface area contributed by atoms with Crippen LogP contribution in [0.1, 0.15) is 31.0 Å². The van der Waals surface area contributed by atoms with E-state index in [1.807, 2.05) is 30.3 Å². The first-order valence-corrected chi connectivity index (χ1v) is 16.1. The molecular formula is C36H31N5O7S. The number of nitro groups is 1. The molecule has 0 bridgehead atoms. The second-order valence-electron chi connectivity index (χ2n) is 10.8. The van der Waals surface area contributed by atoms with E-state index in [1.165, 1.54) is 16.7 Å². The molecular weight excluding hydrogens is 646 g/mol. The quantitative estimate of drug-likeness (QED) is 0.0811. The molecule has 248 valence electrons. The number of fused-ring (bicyclic) bond motifs is 1. The average molecular weight is 678 g/mol. The summed E-state index contributed by atoms with van der Waals surface area (Å²) < 4.78 is 19.7. The van der Waals surface area contributed by atoms with Gasteiger partial charge >= 0.3 is 11.7 Å². The number of hydrogen-bond acceptors (Lipinski definition) is 10. The Morgan fingerprint density at radius 3 is 2.55 bits per heavy atom. The van der Waals surface area contributed by atoms with Crippen LogP contribution in [0.2, 0.25) is 0 Å². The molecule has 2 aromatic heterocycles. The van der Waals surface area contributed by atoms with Crippen molar-refractivity contribution in [1.82, 2.24) is 14.3 Å². The van der Waals surface area contributed by atoms with Crippen LogP contribution >= 0.6 is 11.3 Å². The van der Waals surface area contributed by atoms with E-state index in [-0.39, 0.29) is 35.8 Å². The highest BCUT2D eigenvalue weighted by Gasteiger charge is 2.33. The van der Waals surface area contributed by atoms with Gasteiger partial charge in [0.2, 0.25) is 0 Å². The van der Waals surface area contributed by atoms with E-state index in [4.69, 9.17) is 19.3 Å².